The average Bonchev–Trinajstić information content (AvgIpc) is 2.90. The zero-order chi connectivity index (χ0) is 14.4. The molecule has 0 aliphatic carbocycles. The van der Waals surface area contributed by atoms with Gasteiger partial charge in [-0.05, 0) is 6.92 Å². The molecule has 0 spiro atoms. The number of carbonyl (C=O) groups is 2. The normalized spacial score (nSPS) is 21.9. The third-order valence-corrected chi connectivity index (χ3v) is 3.99. The van der Waals surface area contributed by atoms with Crippen LogP contribution < -0.4 is 11.1 Å². The van der Waals surface area contributed by atoms with Crippen molar-refractivity contribution in [3.63, 3.8) is 0 Å². The van der Waals surface area contributed by atoms with Crippen molar-refractivity contribution in [1.29, 1.82) is 0 Å². The van der Waals surface area contributed by atoms with Gasteiger partial charge in [-0.2, -0.15) is 5.10 Å². The lowest BCUT2D eigenvalue weighted by Gasteiger charge is -2.36. The Labute approximate surface area is 116 Å². The van der Waals surface area contributed by atoms with Gasteiger partial charge in [-0.25, -0.2) is 4.79 Å². The van der Waals surface area contributed by atoms with Gasteiger partial charge in [-0.3, -0.25) is 9.48 Å². The fourth-order valence-electron chi connectivity index (χ4n) is 2.87. The summed E-state index contributed by atoms with van der Waals surface area (Å²) in [6, 6.07) is 0.00809. The number of hydrogen-bond donors (Lipinski definition) is 2. The van der Waals surface area contributed by atoms with E-state index in [1.807, 2.05) is 0 Å². The molecule has 2 aliphatic rings. The summed E-state index contributed by atoms with van der Waals surface area (Å²) in [5.41, 5.74) is 7.45. The maximum absolute atomic E-state index is 12.6. The summed E-state index contributed by atoms with van der Waals surface area (Å²) in [4.78, 5) is 27.7. The van der Waals surface area contributed by atoms with E-state index in [4.69, 9.17) is 5.73 Å². The number of nitrogens with two attached hydrogens (primary N) is 1. The smallest absolute Gasteiger partial charge is 0.317 e. The minimum Gasteiger partial charge on any atom is -0.395 e. The van der Waals surface area contributed by atoms with Crippen LogP contribution in [-0.2, 0) is 7.05 Å². The molecule has 0 radical (unpaired) electrons. The zero-order valence-corrected chi connectivity index (χ0v) is 11.6. The van der Waals surface area contributed by atoms with Crippen LogP contribution in [0.15, 0.2) is 0 Å². The average molecular weight is 278 g/mol. The van der Waals surface area contributed by atoms with Crippen LogP contribution in [0.3, 0.4) is 0 Å². The number of nitrogens with zero attached hydrogens (tertiary/aromatic N) is 4. The van der Waals surface area contributed by atoms with E-state index in [0.717, 1.165) is 0 Å². The van der Waals surface area contributed by atoms with Gasteiger partial charge in [0.25, 0.3) is 5.91 Å². The highest BCUT2D eigenvalue weighted by Crippen LogP contribution is 2.20. The Morgan fingerprint density at radius 2 is 2.20 bits per heavy atom. The quantitative estimate of drug-likeness (QED) is 0.700. The van der Waals surface area contributed by atoms with E-state index in [2.05, 4.69) is 10.4 Å². The number of aromatic nitrogens is 2. The molecule has 3 amide bonds. The minimum atomic E-state index is -0.121. The van der Waals surface area contributed by atoms with Gasteiger partial charge in [0.15, 0.2) is 0 Å². The molecular weight excluding hydrogens is 260 g/mol. The van der Waals surface area contributed by atoms with Crippen LogP contribution >= 0.6 is 0 Å². The third kappa shape index (κ3) is 1.79. The first kappa shape index (κ1) is 12.8. The zero-order valence-electron chi connectivity index (χ0n) is 11.6. The molecule has 0 aromatic carbocycles. The van der Waals surface area contributed by atoms with E-state index < -0.39 is 0 Å². The van der Waals surface area contributed by atoms with Gasteiger partial charge in [0, 0.05) is 33.2 Å². The van der Waals surface area contributed by atoms with Crippen LogP contribution in [0.5, 0.6) is 0 Å². The Bertz CT molecular complexity index is 581. The Balaban J connectivity index is 1.80. The highest BCUT2D eigenvalue weighted by molar-refractivity contribution is 5.98. The van der Waals surface area contributed by atoms with Gasteiger partial charge in [0.1, 0.15) is 5.69 Å². The number of urea groups is 1. The van der Waals surface area contributed by atoms with Crippen LogP contribution in [0.2, 0.25) is 0 Å². The van der Waals surface area contributed by atoms with E-state index in [1.54, 1.807) is 23.8 Å². The molecule has 0 bridgehead atoms. The number of rotatable bonds is 1. The number of carbonyl (C=O) groups excluding carboxylic acids is 2. The number of amides is 3. The summed E-state index contributed by atoms with van der Waals surface area (Å²) in [5.74, 6) is -0.121. The molecule has 3 heterocycles. The molecule has 1 unspecified atom stereocenters. The molecule has 108 valence electrons. The summed E-state index contributed by atoms with van der Waals surface area (Å²) in [6.45, 7) is 3.97. The standard InChI is InChI=1S/C12H18N6O2/c1-7-9(13)10(16(2)15-7)11(19)17-3-4-18-8(6-17)5-14-12(18)20/h8H,3-6,13H2,1-2H3,(H,14,20). The SMILES string of the molecule is Cc1nn(C)c(C(=O)N2CCN3C(=O)NCC3C2)c1N. The van der Waals surface area contributed by atoms with Crippen molar-refractivity contribution < 1.29 is 9.59 Å². The van der Waals surface area contributed by atoms with Crippen LogP contribution in [0.25, 0.3) is 0 Å². The molecule has 1 aromatic heterocycles. The predicted octanol–water partition coefficient (Wildman–Crippen LogP) is -0.840. The lowest BCUT2D eigenvalue weighted by molar-refractivity contribution is 0.0607. The molecule has 20 heavy (non-hydrogen) atoms. The minimum absolute atomic E-state index is 0.0435. The van der Waals surface area contributed by atoms with Crippen molar-refractivity contribution in [3.8, 4) is 0 Å². The topological polar surface area (TPSA) is 96.5 Å². The third-order valence-electron chi connectivity index (χ3n) is 3.99. The van der Waals surface area contributed by atoms with Gasteiger partial charge >= 0.3 is 6.03 Å². The Kier molecular flexibility index (Phi) is 2.81. The monoisotopic (exact) mass is 278 g/mol. The summed E-state index contributed by atoms with van der Waals surface area (Å²) in [5, 5.41) is 6.97. The van der Waals surface area contributed by atoms with Crippen molar-refractivity contribution in [3.05, 3.63) is 11.4 Å². The van der Waals surface area contributed by atoms with Gasteiger partial charge in [0.2, 0.25) is 0 Å². The highest BCUT2D eigenvalue weighted by Gasteiger charge is 2.38. The van der Waals surface area contributed by atoms with Gasteiger partial charge < -0.3 is 20.9 Å². The van der Waals surface area contributed by atoms with Gasteiger partial charge in [0.05, 0.1) is 17.4 Å². The van der Waals surface area contributed by atoms with E-state index in [9.17, 15) is 9.59 Å². The van der Waals surface area contributed by atoms with E-state index in [-0.39, 0.29) is 18.0 Å². The molecule has 1 aromatic rings. The molecule has 0 saturated carbocycles. The van der Waals surface area contributed by atoms with Gasteiger partial charge in [-0.1, -0.05) is 0 Å². The molecular formula is C12H18N6O2. The van der Waals surface area contributed by atoms with Crippen LogP contribution in [0.1, 0.15) is 16.2 Å². The molecule has 3 N–H and O–H groups in total. The molecule has 1 atom stereocenters. The molecule has 2 aliphatic heterocycles. The number of aryl methyl sites for hydroxylation is 2. The molecule has 8 heteroatoms. The van der Waals surface area contributed by atoms with Crippen molar-refractivity contribution in [2.45, 2.75) is 13.0 Å². The fourth-order valence-corrected chi connectivity index (χ4v) is 2.87. The van der Waals surface area contributed by atoms with E-state index >= 15 is 0 Å². The van der Waals surface area contributed by atoms with E-state index in [1.165, 1.54) is 4.68 Å². The largest absolute Gasteiger partial charge is 0.395 e. The summed E-state index contributed by atoms with van der Waals surface area (Å²) >= 11 is 0. The maximum atomic E-state index is 12.6. The highest BCUT2D eigenvalue weighted by atomic mass is 16.2. The fraction of sp³-hybridized carbons (Fsp3) is 0.583. The lowest BCUT2D eigenvalue weighted by Crippen LogP contribution is -2.54. The second-order valence-electron chi connectivity index (χ2n) is 5.26. The summed E-state index contributed by atoms with van der Waals surface area (Å²) < 4.78 is 1.53. The second kappa shape index (κ2) is 4.39. The first-order chi connectivity index (χ1) is 9.49. The number of anilines is 1. The van der Waals surface area contributed by atoms with Crippen LogP contribution in [-0.4, -0.2) is 63.7 Å². The molecule has 8 nitrogen and oxygen atoms in total. The Morgan fingerprint density at radius 1 is 1.45 bits per heavy atom. The number of hydrogen-bond acceptors (Lipinski definition) is 4. The second-order valence-corrected chi connectivity index (χ2v) is 5.26. The maximum Gasteiger partial charge on any atom is 0.317 e. The Hall–Kier alpha value is -2.25. The van der Waals surface area contributed by atoms with Gasteiger partial charge in [-0.15, -0.1) is 0 Å². The predicted molar refractivity (Wildman–Crippen MR) is 72.2 cm³/mol. The van der Waals surface area contributed by atoms with Crippen LogP contribution in [0.4, 0.5) is 10.5 Å². The first-order valence-electron chi connectivity index (χ1n) is 6.62. The Morgan fingerprint density at radius 3 is 2.85 bits per heavy atom. The van der Waals surface area contributed by atoms with Crippen molar-refractivity contribution in [2.75, 3.05) is 31.9 Å². The molecule has 3 rings (SSSR count). The number of nitrogens with one attached hydrogen (secondary N) is 1. The summed E-state index contributed by atoms with van der Waals surface area (Å²) in [7, 11) is 1.72. The summed E-state index contributed by atoms with van der Waals surface area (Å²) in [6.07, 6.45) is 0. The molecule has 2 saturated heterocycles. The number of fused-ring (bicyclic) bond motifs is 1. The van der Waals surface area contributed by atoms with Crippen LogP contribution in [0, 0.1) is 6.92 Å². The number of nitrogen functional groups attached to an aromatic ring is 1. The lowest BCUT2D eigenvalue weighted by atomic mass is 10.1. The van der Waals surface area contributed by atoms with Crippen molar-refractivity contribution in [1.82, 2.24) is 24.9 Å². The van der Waals surface area contributed by atoms with Crippen molar-refractivity contribution >= 4 is 17.6 Å². The first-order valence-corrected chi connectivity index (χ1v) is 6.62. The van der Waals surface area contributed by atoms with E-state index in [0.29, 0.717) is 43.3 Å². The van der Waals surface area contributed by atoms with Crippen molar-refractivity contribution in [2.24, 2.45) is 7.05 Å². The number of piperazine rings is 1. The molecule has 2 fully saturated rings.